The third-order valence-corrected chi connectivity index (χ3v) is 4.66. The fourth-order valence-corrected chi connectivity index (χ4v) is 3.60. The lowest BCUT2D eigenvalue weighted by Crippen LogP contribution is -2.48. The number of hydrogen-bond donors (Lipinski definition) is 1. The summed E-state index contributed by atoms with van der Waals surface area (Å²) in [5.74, 6) is 0.934. The Morgan fingerprint density at radius 2 is 1.74 bits per heavy atom. The summed E-state index contributed by atoms with van der Waals surface area (Å²) < 4.78 is 0. The van der Waals surface area contributed by atoms with Crippen molar-refractivity contribution in [3.63, 3.8) is 0 Å². The van der Waals surface area contributed by atoms with Gasteiger partial charge in [-0.15, -0.1) is 0 Å². The second kappa shape index (κ2) is 6.09. The fourth-order valence-electron chi connectivity index (χ4n) is 3.60. The van der Waals surface area contributed by atoms with Crippen LogP contribution in [0.5, 0.6) is 0 Å². The molecule has 1 aromatic rings. The quantitative estimate of drug-likeness (QED) is 0.748. The molecule has 1 aliphatic carbocycles. The summed E-state index contributed by atoms with van der Waals surface area (Å²) in [6, 6.07) is 7.10. The van der Waals surface area contributed by atoms with E-state index in [1.54, 1.807) is 5.56 Å². The van der Waals surface area contributed by atoms with Crippen LogP contribution in [-0.4, -0.2) is 13.1 Å². The summed E-state index contributed by atoms with van der Waals surface area (Å²) >= 11 is 0. The maximum absolute atomic E-state index is 3.66. The summed E-state index contributed by atoms with van der Waals surface area (Å²) in [7, 11) is 0. The number of rotatable bonds is 6. The van der Waals surface area contributed by atoms with E-state index in [4.69, 9.17) is 0 Å². The highest BCUT2D eigenvalue weighted by Gasteiger charge is 2.44. The Balaban J connectivity index is 2.17. The van der Waals surface area contributed by atoms with Crippen molar-refractivity contribution in [1.29, 1.82) is 0 Å². The standard InChI is InChI=1S/C18H29N/c1-5-7-19-13-18(11-16(6-2)12-18)17-9-14(3)8-15(4)10-17/h8-10,16,19H,5-7,11-13H2,1-4H3. The molecule has 0 spiro atoms. The minimum atomic E-state index is 0.409. The van der Waals surface area contributed by atoms with Crippen LogP contribution in [0.4, 0.5) is 0 Å². The lowest BCUT2D eigenvalue weighted by Gasteiger charge is -2.49. The van der Waals surface area contributed by atoms with Gasteiger partial charge in [0.15, 0.2) is 0 Å². The van der Waals surface area contributed by atoms with E-state index in [0.29, 0.717) is 5.41 Å². The van der Waals surface area contributed by atoms with Crippen LogP contribution in [0.2, 0.25) is 0 Å². The molecule has 2 rings (SSSR count). The molecule has 1 aromatic carbocycles. The fraction of sp³-hybridized carbons (Fsp3) is 0.667. The first kappa shape index (κ1) is 14.6. The van der Waals surface area contributed by atoms with Gasteiger partial charge in [0, 0.05) is 12.0 Å². The highest BCUT2D eigenvalue weighted by molar-refractivity contribution is 5.36. The maximum Gasteiger partial charge on any atom is 0.00832 e. The second-order valence-electron chi connectivity index (χ2n) is 6.52. The number of aryl methyl sites for hydroxylation is 2. The zero-order chi connectivity index (χ0) is 13.9. The summed E-state index contributed by atoms with van der Waals surface area (Å²) in [6.45, 7) is 11.3. The van der Waals surface area contributed by atoms with Crippen LogP contribution < -0.4 is 5.32 Å². The van der Waals surface area contributed by atoms with E-state index in [0.717, 1.165) is 19.0 Å². The Kier molecular flexibility index (Phi) is 4.67. The van der Waals surface area contributed by atoms with E-state index in [-0.39, 0.29) is 0 Å². The monoisotopic (exact) mass is 259 g/mol. The van der Waals surface area contributed by atoms with Crippen molar-refractivity contribution in [3.8, 4) is 0 Å². The van der Waals surface area contributed by atoms with Crippen molar-refractivity contribution in [2.75, 3.05) is 13.1 Å². The molecule has 0 unspecified atom stereocenters. The summed E-state index contributed by atoms with van der Waals surface area (Å²) in [4.78, 5) is 0. The molecule has 106 valence electrons. The maximum atomic E-state index is 3.66. The molecule has 1 N–H and O–H groups in total. The molecule has 1 nitrogen and oxygen atoms in total. The van der Waals surface area contributed by atoms with Gasteiger partial charge in [0.1, 0.15) is 0 Å². The minimum absolute atomic E-state index is 0.409. The molecular formula is C18H29N. The summed E-state index contributed by atoms with van der Waals surface area (Å²) in [5, 5.41) is 3.66. The smallest absolute Gasteiger partial charge is 0.00832 e. The average molecular weight is 259 g/mol. The van der Waals surface area contributed by atoms with Crippen LogP contribution in [0.15, 0.2) is 18.2 Å². The van der Waals surface area contributed by atoms with Gasteiger partial charge in [-0.3, -0.25) is 0 Å². The van der Waals surface area contributed by atoms with Crippen LogP contribution in [0.25, 0.3) is 0 Å². The van der Waals surface area contributed by atoms with Gasteiger partial charge in [0.25, 0.3) is 0 Å². The van der Waals surface area contributed by atoms with Crippen LogP contribution >= 0.6 is 0 Å². The SMILES string of the molecule is CCCNCC1(c2cc(C)cc(C)c2)CC(CC)C1. The molecule has 0 atom stereocenters. The van der Waals surface area contributed by atoms with E-state index < -0.39 is 0 Å². The second-order valence-corrected chi connectivity index (χ2v) is 6.52. The molecule has 1 heteroatoms. The Morgan fingerprint density at radius 3 is 2.26 bits per heavy atom. The van der Waals surface area contributed by atoms with Crippen LogP contribution in [-0.2, 0) is 5.41 Å². The van der Waals surface area contributed by atoms with Gasteiger partial charge < -0.3 is 5.32 Å². The largest absolute Gasteiger partial charge is 0.316 e. The zero-order valence-corrected chi connectivity index (χ0v) is 13.1. The highest BCUT2D eigenvalue weighted by atomic mass is 14.9. The van der Waals surface area contributed by atoms with Crippen LogP contribution in [0.3, 0.4) is 0 Å². The predicted molar refractivity (Wildman–Crippen MR) is 83.8 cm³/mol. The van der Waals surface area contributed by atoms with E-state index in [1.165, 1.54) is 36.8 Å². The average Bonchev–Trinajstić information content (AvgIpc) is 2.31. The van der Waals surface area contributed by atoms with Crippen molar-refractivity contribution in [2.45, 2.75) is 58.8 Å². The van der Waals surface area contributed by atoms with Crippen molar-refractivity contribution >= 4 is 0 Å². The molecule has 19 heavy (non-hydrogen) atoms. The number of nitrogens with one attached hydrogen (secondary N) is 1. The first-order valence-electron chi connectivity index (χ1n) is 7.89. The van der Waals surface area contributed by atoms with Gasteiger partial charge in [0.05, 0.1) is 0 Å². The summed E-state index contributed by atoms with van der Waals surface area (Å²) in [6.07, 6.45) is 5.28. The van der Waals surface area contributed by atoms with Gasteiger partial charge in [-0.25, -0.2) is 0 Å². The van der Waals surface area contributed by atoms with E-state index >= 15 is 0 Å². The first-order chi connectivity index (χ1) is 9.09. The molecule has 0 bridgehead atoms. The minimum Gasteiger partial charge on any atom is -0.316 e. The molecular weight excluding hydrogens is 230 g/mol. The van der Waals surface area contributed by atoms with Gasteiger partial charge in [-0.1, -0.05) is 49.6 Å². The lowest BCUT2D eigenvalue weighted by molar-refractivity contribution is 0.134. The highest BCUT2D eigenvalue weighted by Crippen LogP contribution is 2.49. The number of hydrogen-bond acceptors (Lipinski definition) is 1. The first-order valence-corrected chi connectivity index (χ1v) is 7.89. The van der Waals surface area contributed by atoms with E-state index in [2.05, 4.69) is 51.2 Å². The van der Waals surface area contributed by atoms with Crippen molar-refractivity contribution in [1.82, 2.24) is 5.32 Å². The van der Waals surface area contributed by atoms with Gasteiger partial charge >= 0.3 is 0 Å². The van der Waals surface area contributed by atoms with Crippen molar-refractivity contribution in [2.24, 2.45) is 5.92 Å². The normalized spacial score (nSPS) is 26.2. The topological polar surface area (TPSA) is 12.0 Å². The molecule has 0 heterocycles. The molecule has 0 saturated heterocycles. The Labute approximate surface area is 118 Å². The third kappa shape index (κ3) is 3.20. The Morgan fingerprint density at radius 1 is 1.11 bits per heavy atom. The number of benzene rings is 1. The van der Waals surface area contributed by atoms with Gasteiger partial charge in [-0.2, -0.15) is 0 Å². The molecule has 0 aromatic heterocycles. The zero-order valence-electron chi connectivity index (χ0n) is 13.1. The van der Waals surface area contributed by atoms with Crippen LogP contribution in [0.1, 0.15) is 56.2 Å². The molecule has 1 saturated carbocycles. The van der Waals surface area contributed by atoms with Crippen molar-refractivity contribution in [3.05, 3.63) is 34.9 Å². The van der Waals surface area contributed by atoms with Gasteiger partial charge in [-0.05, 0) is 51.1 Å². The molecule has 0 aliphatic heterocycles. The predicted octanol–water partition coefficient (Wildman–Crippen LogP) is 4.36. The molecule has 1 fully saturated rings. The molecule has 1 aliphatic rings. The Bertz CT molecular complexity index is 395. The lowest BCUT2D eigenvalue weighted by atomic mass is 9.57. The van der Waals surface area contributed by atoms with E-state index in [1.807, 2.05) is 0 Å². The van der Waals surface area contributed by atoms with Crippen LogP contribution in [0, 0.1) is 19.8 Å². The Hall–Kier alpha value is -0.820. The van der Waals surface area contributed by atoms with E-state index in [9.17, 15) is 0 Å². The van der Waals surface area contributed by atoms with Crippen molar-refractivity contribution < 1.29 is 0 Å². The third-order valence-electron chi connectivity index (χ3n) is 4.66. The molecule has 0 radical (unpaired) electrons. The van der Waals surface area contributed by atoms with Gasteiger partial charge in [0.2, 0.25) is 0 Å². The summed E-state index contributed by atoms with van der Waals surface area (Å²) in [5.41, 5.74) is 4.79. The molecule has 0 amide bonds.